The van der Waals surface area contributed by atoms with Crippen LogP contribution in [0, 0.1) is 6.92 Å². The van der Waals surface area contributed by atoms with Gasteiger partial charge < -0.3 is 14.6 Å². The molecule has 1 saturated heterocycles. The van der Waals surface area contributed by atoms with Crippen molar-refractivity contribution in [1.29, 1.82) is 0 Å². The topological polar surface area (TPSA) is 58.4 Å². The lowest BCUT2D eigenvalue weighted by atomic mass is 10.0. The van der Waals surface area contributed by atoms with E-state index in [2.05, 4.69) is 10.3 Å². The molecule has 1 fully saturated rings. The van der Waals surface area contributed by atoms with Gasteiger partial charge in [-0.15, -0.1) is 0 Å². The number of alkyl halides is 3. The molecule has 0 aromatic carbocycles. The van der Waals surface area contributed by atoms with Crippen molar-refractivity contribution in [1.82, 2.24) is 10.3 Å². The maximum atomic E-state index is 12.8. The normalized spacial score (nSPS) is 16.1. The Morgan fingerprint density at radius 1 is 1.24 bits per heavy atom. The molecule has 2 aromatic heterocycles. The number of anilines is 1. The van der Waals surface area contributed by atoms with Crippen molar-refractivity contribution in [3.63, 3.8) is 0 Å². The third-order valence-electron chi connectivity index (χ3n) is 4.14. The first kappa shape index (κ1) is 17.3. The minimum atomic E-state index is -4.45. The van der Waals surface area contributed by atoms with Gasteiger partial charge >= 0.3 is 6.18 Å². The zero-order valence-electron chi connectivity index (χ0n) is 13.6. The summed E-state index contributed by atoms with van der Waals surface area (Å²) in [5.74, 6) is 0.958. The van der Waals surface area contributed by atoms with Crippen molar-refractivity contribution >= 4 is 11.7 Å². The molecular weight excluding hydrogens is 335 g/mol. The fourth-order valence-electron chi connectivity index (χ4n) is 2.82. The Labute approximate surface area is 142 Å². The number of carbonyl (C=O) groups is 1. The second kappa shape index (κ2) is 6.78. The van der Waals surface area contributed by atoms with E-state index in [1.807, 2.05) is 0 Å². The van der Waals surface area contributed by atoms with Gasteiger partial charge in [-0.05, 0) is 44.0 Å². The van der Waals surface area contributed by atoms with Crippen molar-refractivity contribution < 1.29 is 22.4 Å². The minimum absolute atomic E-state index is 0.0417. The molecular formula is C17H18F3N3O2. The number of aryl methyl sites for hydroxylation is 1. The van der Waals surface area contributed by atoms with Crippen LogP contribution in [-0.4, -0.2) is 30.0 Å². The summed E-state index contributed by atoms with van der Waals surface area (Å²) in [6, 6.07) is 7.18. The number of nitrogens with zero attached hydrogens (tertiary/aromatic N) is 2. The number of carbonyl (C=O) groups excluding carboxylic acids is 1. The van der Waals surface area contributed by atoms with Gasteiger partial charge in [-0.3, -0.25) is 4.79 Å². The van der Waals surface area contributed by atoms with Crippen LogP contribution in [0.15, 0.2) is 34.7 Å². The molecule has 0 saturated carbocycles. The summed E-state index contributed by atoms with van der Waals surface area (Å²) in [5.41, 5.74) is -0.895. The van der Waals surface area contributed by atoms with Crippen LogP contribution in [0.3, 0.4) is 0 Å². The Morgan fingerprint density at radius 2 is 1.96 bits per heavy atom. The van der Waals surface area contributed by atoms with E-state index < -0.39 is 11.9 Å². The SMILES string of the molecule is Cc1ccc(C(=O)NC2CCN(c3cccc(C(F)(F)F)n3)CC2)o1. The van der Waals surface area contributed by atoms with Gasteiger partial charge in [-0.25, -0.2) is 4.98 Å². The average Bonchev–Trinajstić information content (AvgIpc) is 3.01. The van der Waals surface area contributed by atoms with Crippen LogP contribution in [0.1, 0.15) is 34.9 Å². The zero-order chi connectivity index (χ0) is 18.0. The lowest BCUT2D eigenvalue weighted by molar-refractivity contribution is -0.141. The highest BCUT2D eigenvalue weighted by Crippen LogP contribution is 2.29. The van der Waals surface area contributed by atoms with Crippen molar-refractivity contribution in [3.05, 3.63) is 47.5 Å². The molecule has 3 heterocycles. The molecule has 134 valence electrons. The Hall–Kier alpha value is -2.51. The summed E-state index contributed by atoms with van der Waals surface area (Å²) in [6.45, 7) is 2.81. The van der Waals surface area contributed by atoms with E-state index in [1.54, 1.807) is 30.0 Å². The maximum absolute atomic E-state index is 12.8. The molecule has 5 nitrogen and oxygen atoms in total. The standard InChI is InChI=1S/C17H18F3N3O2/c1-11-5-6-13(25-11)16(24)21-12-7-9-23(10-8-12)15-4-2-3-14(22-15)17(18,19)20/h2-6,12H,7-10H2,1H3,(H,21,24). The molecule has 1 aliphatic rings. The first-order chi connectivity index (χ1) is 11.8. The number of aromatic nitrogens is 1. The van der Waals surface area contributed by atoms with E-state index in [9.17, 15) is 18.0 Å². The summed E-state index contributed by atoms with van der Waals surface area (Å²) in [5, 5.41) is 2.90. The summed E-state index contributed by atoms with van der Waals surface area (Å²) in [6.07, 6.45) is -3.20. The van der Waals surface area contributed by atoms with Gasteiger partial charge in [-0.1, -0.05) is 6.07 Å². The summed E-state index contributed by atoms with van der Waals surface area (Å²) >= 11 is 0. The molecule has 1 amide bonds. The van der Waals surface area contributed by atoms with Crippen molar-refractivity contribution in [2.45, 2.75) is 32.0 Å². The van der Waals surface area contributed by atoms with Crippen LogP contribution in [0.5, 0.6) is 0 Å². The number of piperidine rings is 1. The van der Waals surface area contributed by atoms with E-state index in [1.165, 1.54) is 6.07 Å². The third-order valence-corrected chi connectivity index (χ3v) is 4.14. The van der Waals surface area contributed by atoms with Gasteiger partial charge in [0.1, 0.15) is 17.3 Å². The fraction of sp³-hybridized carbons (Fsp3) is 0.412. The Morgan fingerprint density at radius 3 is 2.56 bits per heavy atom. The maximum Gasteiger partial charge on any atom is 0.433 e. The largest absolute Gasteiger partial charge is 0.456 e. The highest BCUT2D eigenvalue weighted by Gasteiger charge is 2.33. The van der Waals surface area contributed by atoms with Crippen LogP contribution >= 0.6 is 0 Å². The van der Waals surface area contributed by atoms with Crippen molar-refractivity contribution in [2.75, 3.05) is 18.0 Å². The van der Waals surface area contributed by atoms with Gasteiger partial charge in [-0.2, -0.15) is 13.2 Å². The number of amides is 1. The molecule has 0 radical (unpaired) electrons. The van der Waals surface area contributed by atoms with E-state index >= 15 is 0 Å². The fourth-order valence-corrected chi connectivity index (χ4v) is 2.82. The summed E-state index contributed by atoms with van der Waals surface area (Å²) in [4.78, 5) is 17.6. The molecule has 8 heteroatoms. The van der Waals surface area contributed by atoms with E-state index in [0.29, 0.717) is 37.5 Å². The van der Waals surface area contributed by atoms with Gasteiger partial charge in [0.05, 0.1) is 0 Å². The second-order valence-electron chi connectivity index (χ2n) is 6.02. The Kier molecular flexibility index (Phi) is 4.69. The molecule has 0 bridgehead atoms. The van der Waals surface area contributed by atoms with E-state index in [0.717, 1.165) is 6.07 Å². The molecule has 0 spiro atoms. The molecule has 1 N–H and O–H groups in total. The average molecular weight is 353 g/mol. The predicted octanol–water partition coefficient (Wildman–Crippen LogP) is 3.40. The molecule has 25 heavy (non-hydrogen) atoms. The van der Waals surface area contributed by atoms with E-state index in [4.69, 9.17) is 4.42 Å². The molecule has 0 unspecified atom stereocenters. The first-order valence-corrected chi connectivity index (χ1v) is 7.99. The molecule has 0 aliphatic carbocycles. The smallest absolute Gasteiger partial charge is 0.433 e. The third kappa shape index (κ3) is 4.12. The number of halogens is 3. The monoisotopic (exact) mass is 353 g/mol. The van der Waals surface area contributed by atoms with Crippen LogP contribution in [0.2, 0.25) is 0 Å². The number of nitrogens with one attached hydrogen (secondary N) is 1. The lowest BCUT2D eigenvalue weighted by Gasteiger charge is -2.33. The highest BCUT2D eigenvalue weighted by atomic mass is 19.4. The zero-order valence-corrected chi connectivity index (χ0v) is 13.6. The second-order valence-corrected chi connectivity index (χ2v) is 6.02. The van der Waals surface area contributed by atoms with Crippen molar-refractivity contribution in [2.24, 2.45) is 0 Å². The predicted molar refractivity (Wildman–Crippen MR) is 85.4 cm³/mol. The number of hydrogen-bond donors (Lipinski definition) is 1. The number of furan rings is 1. The number of hydrogen-bond acceptors (Lipinski definition) is 4. The van der Waals surface area contributed by atoms with Crippen LogP contribution in [-0.2, 0) is 6.18 Å². The molecule has 0 atom stereocenters. The van der Waals surface area contributed by atoms with Crippen LogP contribution in [0.25, 0.3) is 0 Å². The van der Waals surface area contributed by atoms with E-state index in [-0.39, 0.29) is 17.7 Å². The number of rotatable bonds is 3. The van der Waals surface area contributed by atoms with Crippen molar-refractivity contribution in [3.8, 4) is 0 Å². The Balaban J connectivity index is 1.58. The molecule has 2 aromatic rings. The highest BCUT2D eigenvalue weighted by molar-refractivity contribution is 5.91. The Bertz CT molecular complexity index is 750. The minimum Gasteiger partial charge on any atom is -0.456 e. The first-order valence-electron chi connectivity index (χ1n) is 7.99. The number of pyridine rings is 1. The van der Waals surface area contributed by atoms with Gasteiger partial charge in [0.25, 0.3) is 5.91 Å². The van der Waals surface area contributed by atoms with Gasteiger partial charge in [0.15, 0.2) is 5.76 Å². The lowest BCUT2D eigenvalue weighted by Crippen LogP contribution is -2.45. The van der Waals surface area contributed by atoms with Gasteiger partial charge in [0, 0.05) is 19.1 Å². The quantitative estimate of drug-likeness (QED) is 0.919. The summed E-state index contributed by atoms with van der Waals surface area (Å²) in [7, 11) is 0. The van der Waals surface area contributed by atoms with Crippen LogP contribution in [0.4, 0.5) is 19.0 Å². The van der Waals surface area contributed by atoms with Gasteiger partial charge in [0.2, 0.25) is 0 Å². The molecule has 3 rings (SSSR count). The molecule has 1 aliphatic heterocycles. The van der Waals surface area contributed by atoms with Crippen LogP contribution < -0.4 is 10.2 Å². The summed E-state index contributed by atoms with van der Waals surface area (Å²) < 4.78 is 43.6.